The molecule has 2 saturated heterocycles. The molecular weight excluding hydrogens is 290 g/mol. The van der Waals surface area contributed by atoms with Crippen molar-refractivity contribution >= 4 is 6.09 Å². The number of likely N-dealkylation sites (tertiary alicyclic amines) is 1. The molecule has 2 rings (SSSR count). The van der Waals surface area contributed by atoms with Crippen LogP contribution in [-0.2, 0) is 9.47 Å². The van der Waals surface area contributed by atoms with Crippen LogP contribution >= 0.6 is 0 Å². The third-order valence-electron chi connectivity index (χ3n) is 5.16. The van der Waals surface area contributed by atoms with Gasteiger partial charge in [-0.25, -0.2) is 4.79 Å². The molecule has 0 bridgehead atoms. The van der Waals surface area contributed by atoms with Gasteiger partial charge in [-0.2, -0.15) is 0 Å². The fraction of sp³-hybridized carbons (Fsp3) is 0.947. The summed E-state index contributed by atoms with van der Waals surface area (Å²) in [6, 6.07) is 0.166. The molecule has 134 valence electrons. The van der Waals surface area contributed by atoms with Crippen molar-refractivity contribution in [1.29, 1.82) is 0 Å². The van der Waals surface area contributed by atoms with E-state index in [1.807, 2.05) is 25.7 Å². The van der Waals surface area contributed by atoms with Crippen LogP contribution in [0, 0.1) is 11.8 Å². The summed E-state index contributed by atoms with van der Waals surface area (Å²) in [6.45, 7) is 11.8. The molecule has 23 heavy (non-hydrogen) atoms. The number of hydrogen-bond acceptors (Lipinski definition) is 3. The Labute approximate surface area is 141 Å². The van der Waals surface area contributed by atoms with E-state index in [1.54, 1.807) is 0 Å². The maximum atomic E-state index is 12.6. The summed E-state index contributed by atoms with van der Waals surface area (Å²) in [6.07, 6.45) is 7.18. The predicted octanol–water partition coefficient (Wildman–Crippen LogP) is 4.62. The lowest BCUT2D eigenvalue weighted by Crippen LogP contribution is -2.42. The lowest BCUT2D eigenvalue weighted by Gasteiger charge is -2.29. The summed E-state index contributed by atoms with van der Waals surface area (Å²) in [7, 11) is 0. The van der Waals surface area contributed by atoms with E-state index in [0.717, 1.165) is 25.5 Å². The van der Waals surface area contributed by atoms with E-state index in [4.69, 9.17) is 9.47 Å². The molecule has 0 N–H and O–H groups in total. The largest absolute Gasteiger partial charge is 0.444 e. The van der Waals surface area contributed by atoms with Crippen molar-refractivity contribution in [1.82, 2.24) is 4.90 Å². The van der Waals surface area contributed by atoms with Crippen LogP contribution in [0.25, 0.3) is 0 Å². The van der Waals surface area contributed by atoms with Crippen LogP contribution in [0.2, 0.25) is 0 Å². The van der Waals surface area contributed by atoms with Crippen molar-refractivity contribution < 1.29 is 14.3 Å². The number of hydrogen-bond donors (Lipinski definition) is 0. The summed E-state index contributed by atoms with van der Waals surface area (Å²) < 4.78 is 11.8. The van der Waals surface area contributed by atoms with E-state index in [-0.39, 0.29) is 18.2 Å². The molecule has 2 heterocycles. The minimum atomic E-state index is -0.440. The maximum Gasteiger partial charge on any atom is 0.410 e. The van der Waals surface area contributed by atoms with Crippen molar-refractivity contribution in [2.45, 2.75) is 90.9 Å². The first-order valence-electron chi connectivity index (χ1n) is 9.47. The fourth-order valence-electron chi connectivity index (χ4n) is 4.09. The van der Waals surface area contributed by atoms with Gasteiger partial charge < -0.3 is 14.4 Å². The van der Waals surface area contributed by atoms with Crippen molar-refractivity contribution in [2.75, 3.05) is 13.2 Å². The first-order valence-corrected chi connectivity index (χ1v) is 9.47. The lowest BCUT2D eigenvalue weighted by molar-refractivity contribution is -0.00311. The highest BCUT2D eigenvalue weighted by Crippen LogP contribution is 2.38. The minimum absolute atomic E-state index is 0.166. The Hall–Kier alpha value is -0.770. The SMILES string of the molecule is CCCC[C@@H]1CCO[C@@H]2[C@@H](C1)CN(C(=O)OC(C)(C)C)[C@@H]2CC. The highest BCUT2D eigenvalue weighted by atomic mass is 16.6. The maximum absolute atomic E-state index is 12.6. The van der Waals surface area contributed by atoms with Crippen LogP contribution in [0.3, 0.4) is 0 Å². The number of amides is 1. The zero-order chi connectivity index (χ0) is 17.0. The average Bonchev–Trinajstić information content (AvgIpc) is 2.68. The molecule has 0 spiro atoms. The predicted molar refractivity (Wildman–Crippen MR) is 92.5 cm³/mol. The number of ether oxygens (including phenoxy) is 2. The molecule has 4 atom stereocenters. The first-order chi connectivity index (χ1) is 10.9. The molecule has 0 aromatic heterocycles. The molecule has 0 saturated carbocycles. The van der Waals surface area contributed by atoms with Gasteiger partial charge in [-0.05, 0) is 46.0 Å². The number of nitrogens with zero attached hydrogens (tertiary/aromatic N) is 1. The summed E-state index contributed by atoms with van der Waals surface area (Å²) in [4.78, 5) is 14.5. The molecule has 1 amide bonds. The van der Waals surface area contributed by atoms with Gasteiger partial charge in [0.15, 0.2) is 0 Å². The van der Waals surface area contributed by atoms with Gasteiger partial charge in [0.05, 0.1) is 12.1 Å². The Balaban J connectivity index is 2.04. The third-order valence-corrected chi connectivity index (χ3v) is 5.16. The average molecular weight is 325 g/mol. The second kappa shape index (κ2) is 7.87. The molecule has 0 aromatic rings. The molecule has 2 aliphatic rings. The molecule has 2 fully saturated rings. The van der Waals surface area contributed by atoms with Crippen LogP contribution in [-0.4, -0.2) is 41.9 Å². The summed E-state index contributed by atoms with van der Waals surface area (Å²) in [5.41, 5.74) is -0.440. The van der Waals surface area contributed by atoms with Gasteiger partial charge in [-0.15, -0.1) is 0 Å². The molecule has 0 aliphatic carbocycles. The van der Waals surface area contributed by atoms with Crippen molar-refractivity contribution in [3.05, 3.63) is 0 Å². The molecular formula is C19H35NO3. The summed E-state index contributed by atoms with van der Waals surface area (Å²) >= 11 is 0. The number of carbonyl (C=O) groups is 1. The van der Waals surface area contributed by atoms with Gasteiger partial charge >= 0.3 is 6.09 Å². The van der Waals surface area contributed by atoms with Crippen molar-refractivity contribution in [3.8, 4) is 0 Å². The highest BCUT2D eigenvalue weighted by molar-refractivity contribution is 5.69. The molecule has 2 aliphatic heterocycles. The Morgan fingerprint density at radius 3 is 2.65 bits per heavy atom. The molecule has 0 aromatic carbocycles. The second-order valence-electron chi connectivity index (χ2n) is 8.24. The smallest absolute Gasteiger partial charge is 0.410 e. The van der Waals surface area contributed by atoms with Crippen molar-refractivity contribution in [3.63, 3.8) is 0 Å². The van der Waals surface area contributed by atoms with Gasteiger partial charge in [0.25, 0.3) is 0 Å². The Morgan fingerprint density at radius 1 is 1.30 bits per heavy atom. The molecule has 0 radical (unpaired) electrons. The van der Waals surface area contributed by atoms with E-state index in [2.05, 4.69) is 13.8 Å². The van der Waals surface area contributed by atoms with Crippen LogP contribution < -0.4 is 0 Å². The number of fused-ring (bicyclic) bond motifs is 1. The first kappa shape index (κ1) is 18.6. The van der Waals surface area contributed by atoms with Gasteiger partial charge in [-0.1, -0.05) is 33.1 Å². The normalized spacial score (nSPS) is 31.6. The number of carbonyl (C=O) groups excluding carboxylic acids is 1. The Bertz CT molecular complexity index is 391. The Morgan fingerprint density at radius 2 is 2.04 bits per heavy atom. The zero-order valence-electron chi connectivity index (χ0n) is 15.6. The molecule has 0 unspecified atom stereocenters. The monoisotopic (exact) mass is 325 g/mol. The summed E-state index contributed by atoms with van der Waals surface area (Å²) in [5.74, 6) is 1.22. The third kappa shape index (κ3) is 4.85. The van der Waals surface area contributed by atoms with E-state index in [1.165, 1.54) is 32.1 Å². The zero-order valence-corrected chi connectivity index (χ0v) is 15.6. The van der Waals surface area contributed by atoms with Gasteiger partial charge in [0.1, 0.15) is 5.60 Å². The second-order valence-corrected chi connectivity index (χ2v) is 8.24. The van der Waals surface area contributed by atoms with E-state index in [0.29, 0.717) is 5.92 Å². The van der Waals surface area contributed by atoms with E-state index >= 15 is 0 Å². The lowest BCUT2D eigenvalue weighted by atomic mass is 9.87. The topological polar surface area (TPSA) is 38.8 Å². The highest BCUT2D eigenvalue weighted by Gasteiger charge is 2.46. The number of rotatable bonds is 4. The summed E-state index contributed by atoms with van der Waals surface area (Å²) in [5, 5.41) is 0. The van der Waals surface area contributed by atoms with Gasteiger partial charge in [0.2, 0.25) is 0 Å². The van der Waals surface area contributed by atoms with Gasteiger partial charge in [-0.3, -0.25) is 0 Å². The van der Waals surface area contributed by atoms with E-state index in [9.17, 15) is 4.79 Å². The van der Waals surface area contributed by atoms with Crippen LogP contribution in [0.5, 0.6) is 0 Å². The Kier molecular flexibility index (Phi) is 6.35. The minimum Gasteiger partial charge on any atom is -0.444 e. The molecule has 4 heteroatoms. The van der Waals surface area contributed by atoms with Crippen LogP contribution in [0.15, 0.2) is 0 Å². The van der Waals surface area contributed by atoms with E-state index < -0.39 is 5.60 Å². The number of unbranched alkanes of at least 4 members (excludes halogenated alkanes) is 1. The standard InChI is InChI=1S/C19H35NO3/c1-6-8-9-14-10-11-22-17-15(12-14)13-20(16(17)7-2)18(21)23-19(3,4)5/h14-17H,6-13H2,1-5H3/t14-,15+,16-,17-/m1/s1. The van der Waals surface area contributed by atoms with Crippen LogP contribution in [0.1, 0.15) is 73.1 Å². The quantitative estimate of drug-likeness (QED) is 0.757. The fourth-order valence-corrected chi connectivity index (χ4v) is 4.09. The molecule has 4 nitrogen and oxygen atoms in total. The van der Waals surface area contributed by atoms with Gasteiger partial charge in [0, 0.05) is 19.1 Å². The van der Waals surface area contributed by atoms with Crippen LogP contribution in [0.4, 0.5) is 4.79 Å². The van der Waals surface area contributed by atoms with Crippen molar-refractivity contribution in [2.24, 2.45) is 11.8 Å².